The fraction of sp³-hybridized carbons (Fsp3) is 0. The summed E-state index contributed by atoms with van der Waals surface area (Å²) in [5.41, 5.74) is 5.01. The second kappa shape index (κ2) is 8.34. The average molecular weight is 463 g/mol. The molecule has 10 heteroatoms. The molecule has 0 amide bonds. The van der Waals surface area contributed by atoms with Gasteiger partial charge in [-0.15, -0.1) is 0 Å². The minimum atomic E-state index is -0.404. The van der Waals surface area contributed by atoms with Crippen LogP contribution in [0, 0.1) is 5.82 Å². The van der Waals surface area contributed by atoms with Crippen LogP contribution in [-0.4, -0.2) is 35.3 Å². The first-order chi connectivity index (χ1) is 17.1. The van der Waals surface area contributed by atoms with E-state index in [4.69, 9.17) is 0 Å². The van der Waals surface area contributed by atoms with E-state index < -0.39 is 5.82 Å². The lowest BCUT2D eigenvalue weighted by molar-refractivity contribution is 0.633. The van der Waals surface area contributed by atoms with E-state index in [1.54, 1.807) is 36.9 Å². The molecule has 0 aliphatic rings. The third kappa shape index (κ3) is 4.04. The Morgan fingerprint density at radius 3 is 2.74 bits per heavy atom. The molecular weight excluding hydrogens is 445 g/mol. The first-order valence-corrected chi connectivity index (χ1v) is 10.7. The molecule has 0 radical (unpaired) electrons. The van der Waals surface area contributed by atoms with Crippen LogP contribution in [0.3, 0.4) is 0 Å². The number of hydrogen-bond donors (Lipinski definition) is 4. The Morgan fingerprint density at radius 1 is 0.914 bits per heavy atom. The third-order valence-electron chi connectivity index (χ3n) is 5.53. The summed E-state index contributed by atoms with van der Waals surface area (Å²) in [6.07, 6.45) is 6.52. The maximum absolute atomic E-state index is 14.5. The van der Waals surface area contributed by atoms with Crippen molar-refractivity contribution in [3.63, 3.8) is 0 Å². The summed E-state index contributed by atoms with van der Waals surface area (Å²) in [5, 5.41) is 22.4. The van der Waals surface area contributed by atoms with E-state index in [0.717, 1.165) is 33.2 Å². The summed E-state index contributed by atoms with van der Waals surface area (Å²) in [5.74, 6) is 0.587. The van der Waals surface area contributed by atoms with Crippen molar-refractivity contribution in [3.8, 4) is 11.4 Å². The smallest absolute Gasteiger partial charge is 0.161 e. The summed E-state index contributed by atoms with van der Waals surface area (Å²) < 4.78 is 14.5. The van der Waals surface area contributed by atoms with Crippen LogP contribution >= 0.6 is 0 Å². The molecule has 35 heavy (non-hydrogen) atoms. The fourth-order valence-corrected chi connectivity index (χ4v) is 3.80. The van der Waals surface area contributed by atoms with Gasteiger partial charge in [0, 0.05) is 34.1 Å². The van der Waals surface area contributed by atoms with Crippen LogP contribution in [0.1, 0.15) is 5.69 Å². The molecule has 6 aromatic rings. The highest BCUT2D eigenvalue weighted by Gasteiger charge is 2.11. The molecule has 9 nitrogen and oxygen atoms in total. The number of H-pyrrole nitrogens is 2. The average Bonchev–Trinajstić information content (AvgIpc) is 3.51. The van der Waals surface area contributed by atoms with Crippen molar-refractivity contribution in [2.45, 2.75) is 0 Å². The predicted octanol–water partition coefficient (Wildman–Crippen LogP) is 5.26. The van der Waals surface area contributed by atoms with Crippen molar-refractivity contribution in [2.24, 2.45) is 0 Å². The predicted molar refractivity (Wildman–Crippen MR) is 133 cm³/mol. The standard InChI is InChI=1S/C25H18FN9/c1-14(31-18-4-7-28-29-13-18)20-8-15-2-3-16(9-21(15)32-20)25-27-6-5-24(34-25)33-23-10-17-12-30-35-22(17)11-19(23)26/h2-13,32H,1H2,(H,28,31)(H,30,35)(H,27,33,34). The molecule has 0 bridgehead atoms. The molecule has 0 spiro atoms. The van der Waals surface area contributed by atoms with Gasteiger partial charge in [-0.1, -0.05) is 18.7 Å². The van der Waals surface area contributed by atoms with Crippen LogP contribution in [-0.2, 0) is 0 Å². The number of aromatic nitrogens is 7. The van der Waals surface area contributed by atoms with Gasteiger partial charge in [-0.2, -0.15) is 15.3 Å². The molecule has 0 atom stereocenters. The Kier molecular flexibility index (Phi) is 4.88. The molecule has 0 saturated carbocycles. The van der Waals surface area contributed by atoms with E-state index in [2.05, 4.69) is 52.6 Å². The van der Waals surface area contributed by atoms with Crippen molar-refractivity contribution in [1.29, 1.82) is 0 Å². The van der Waals surface area contributed by atoms with Gasteiger partial charge in [-0.05, 0) is 30.3 Å². The van der Waals surface area contributed by atoms with Gasteiger partial charge in [-0.3, -0.25) is 5.10 Å². The van der Waals surface area contributed by atoms with Crippen LogP contribution in [0.15, 0.2) is 79.9 Å². The van der Waals surface area contributed by atoms with Gasteiger partial charge in [0.2, 0.25) is 0 Å². The van der Waals surface area contributed by atoms with Crippen LogP contribution in [0.5, 0.6) is 0 Å². The largest absolute Gasteiger partial charge is 0.353 e. The summed E-state index contributed by atoms with van der Waals surface area (Å²) >= 11 is 0. The first-order valence-electron chi connectivity index (χ1n) is 10.7. The minimum absolute atomic E-state index is 0.309. The van der Waals surface area contributed by atoms with Crippen LogP contribution in [0.25, 0.3) is 38.9 Å². The zero-order valence-corrected chi connectivity index (χ0v) is 18.2. The zero-order valence-electron chi connectivity index (χ0n) is 18.2. The van der Waals surface area contributed by atoms with E-state index >= 15 is 0 Å². The topological polar surface area (TPSA) is 120 Å². The van der Waals surface area contributed by atoms with Gasteiger partial charge in [0.05, 0.1) is 46.9 Å². The monoisotopic (exact) mass is 463 g/mol. The van der Waals surface area contributed by atoms with Gasteiger partial charge in [0.15, 0.2) is 5.82 Å². The molecule has 0 saturated heterocycles. The second-order valence-corrected chi connectivity index (χ2v) is 7.90. The highest BCUT2D eigenvalue weighted by atomic mass is 19.1. The number of anilines is 3. The van der Waals surface area contributed by atoms with Gasteiger partial charge < -0.3 is 15.6 Å². The Balaban J connectivity index is 1.27. The molecular formula is C25H18FN9. The number of halogens is 1. The summed E-state index contributed by atoms with van der Waals surface area (Å²) in [4.78, 5) is 12.4. The third-order valence-corrected chi connectivity index (χ3v) is 5.53. The van der Waals surface area contributed by atoms with Gasteiger partial charge in [0.25, 0.3) is 0 Å². The van der Waals surface area contributed by atoms with Gasteiger partial charge in [-0.25, -0.2) is 14.4 Å². The van der Waals surface area contributed by atoms with Crippen molar-refractivity contribution in [2.75, 3.05) is 10.6 Å². The second-order valence-electron chi connectivity index (χ2n) is 7.90. The molecule has 6 rings (SSSR count). The minimum Gasteiger partial charge on any atom is -0.353 e. The van der Waals surface area contributed by atoms with Gasteiger partial charge >= 0.3 is 0 Å². The Bertz CT molecular complexity index is 1690. The molecule has 170 valence electrons. The maximum Gasteiger partial charge on any atom is 0.161 e. The SMILES string of the molecule is C=C(Nc1ccnnc1)c1cc2ccc(-c3nccc(Nc4cc5cn[nH]c5cc4F)n3)cc2[nH]1. The number of nitrogens with zero attached hydrogens (tertiary/aromatic N) is 5. The molecule has 0 unspecified atom stereocenters. The highest BCUT2D eigenvalue weighted by Crippen LogP contribution is 2.27. The maximum atomic E-state index is 14.5. The summed E-state index contributed by atoms with van der Waals surface area (Å²) in [6, 6.07) is 14.5. The van der Waals surface area contributed by atoms with E-state index in [9.17, 15) is 4.39 Å². The van der Waals surface area contributed by atoms with Crippen molar-refractivity contribution < 1.29 is 4.39 Å². The van der Waals surface area contributed by atoms with Crippen molar-refractivity contribution in [1.82, 2.24) is 35.3 Å². The molecule has 0 aliphatic carbocycles. The van der Waals surface area contributed by atoms with Gasteiger partial charge in [0.1, 0.15) is 11.6 Å². The summed E-state index contributed by atoms with van der Waals surface area (Å²) in [7, 11) is 0. The fourth-order valence-electron chi connectivity index (χ4n) is 3.80. The van der Waals surface area contributed by atoms with Crippen LogP contribution in [0.2, 0.25) is 0 Å². The molecule has 0 fully saturated rings. The Labute approximate surface area is 198 Å². The lowest BCUT2D eigenvalue weighted by Crippen LogP contribution is -1.99. The lowest BCUT2D eigenvalue weighted by Gasteiger charge is -2.08. The molecule has 4 aromatic heterocycles. The number of nitrogens with one attached hydrogen (secondary N) is 4. The Hall–Kier alpha value is -5.12. The first kappa shape index (κ1) is 20.5. The van der Waals surface area contributed by atoms with Crippen molar-refractivity contribution >= 4 is 44.7 Å². The van der Waals surface area contributed by atoms with Crippen molar-refractivity contribution in [3.05, 3.63) is 91.4 Å². The number of rotatable bonds is 6. The van der Waals surface area contributed by atoms with E-state index in [-0.39, 0.29) is 0 Å². The molecule has 2 aromatic carbocycles. The van der Waals surface area contributed by atoms with Crippen LogP contribution in [0.4, 0.5) is 21.6 Å². The highest BCUT2D eigenvalue weighted by molar-refractivity contribution is 5.89. The molecule has 4 heterocycles. The summed E-state index contributed by atoms with van der Waals surface area (Å²) in [6.45, 7) is 4.11. The van der Waals surface area contributed by atoms with E-state index in [0.29, 0.717) is 28.5 Å². The zero-order chi connectivity index (χ0) is 23.8. The number of hydrogen-bond acceptors (Lipinski definition) is 7. The molecule has 4 N–H and O–H groups in total. The lowest BCUT2D eigenvalue weighted by atomic mass is 10.1. The quantitative estimate of drug-likeness (QED) is 0.266. The Morgan fingerprint density at radius 2 is 1.86 bits per heavy atom. The molecule has 0 aliphatic heterocycles. The number of fused-ring (bicyclic) bond motifs is 2. The number of aromatic amines is 2. The van der Waals surface area contributed by atoms with Crippen LogP contribution < -0.4 is 10.6 Å². The van der Waals surface area contributed by atoms with E-state index in [1.165, 1.54) is 6.07 Å². The normalized spacial score (nSPS) is 11.1. The number of benzene rings is 2. The van der Waals surface area contributed by atoms with E-state index in [1.807, 2.05) is 30.3 Å².